The first-order chi connectivity index (χ1) is 6.77. The van der Waals surface area contributed by atoms with Crippen LogP contribution in [0, 0.1) is 5.41 Å². The van der Waals surface area contributed by atoms with Crippen molar-refractivity contribution in [2.45, 2.75) is 6.92 Å². The van der Waals surface area contributed by atoms with Gasteiger partial charge in [-0.15, -0.1) is 0 Å². The van der Waals surface area contributed by atoms with Crippen LogP contribution in [0.1, 0.15) is 12.6 Å². The molecule has 72 valence electrons. The molecule has 0 aliphatic rings. The highest BCUT2D eigenvalue weighted by Gasteiger charge is 1.98. The molecule has 0 fully saturated rings. The molecule has 0 radical (unpaired) electrons. The van der Waals surface area contributed by atoms with Gasteiger partial charge in [0, 0.05) is 12.4 Å². The summed E-state index contributed by atoms with van der Waals surface area (Å²) < 4.78 is 0. The van der Waals surface area contributed by atoms with E-state index in [1.54, 1.807) is 24.4 Å². The second-order valence-electron chi connectivity index (χ2n) is 2.57. The van der Waals surface area contributed by atoms with Gasteiger partial charge in [0.15, 0.2) is 0 Å². The molecule has 0 spiro atoms. The van der Waals surface area contributed by atoms with Gasteiger partial charge in [-0.25, -0.2) is 9.97 Å². The summed E-state index contributed by atoms with van der Waals surface area (Å²) in [7, 11) is 0. The highest BCUT2D eigenvalue weighted by atomic mass is 15.0. The zero-order valence-electron chi connectivity index (χ0n) is 7.94. The molecule has 0 aliphatic heterocycles. The molecule has 4 heteroatoms. The quantitative estimate of drug-likeness (QED) is 0.559. The molecule has 0 aliphatic carbocycles. The Balaban J connectivity index is 3.02. The van der Waals surface area contributed by atoms with Crippen molar-refractivity contribution in [3.05, 3.63) is 36.2 Å². The van der Waals surface area contributed by atoms with Crippen LogP contribution in [0.25, 0.3) is 5.57 Å². The molecule has 0 saturated heterocycles. The van der Waals surface area contributed by atoms with Crippen LogP contribution in [0.5, 0.6) is 0 Å². The Morgan fingerprint density at radius 3 is 2.93 bits per heavy atom. The van der Waals surface area contributed by atoms with Gasteiger partial charge in [-0.1, -0.05) is 12.2 Å². The predicted octanol–water partition coefficient (Wildman–Crippen LogP) is 1.67. The summed E-state index contributed by atoms with van der Waals surface area (Å²) in [6.45, 7) is 1.90. The highest BCUT2D eigenvalue weighted by Crippen LogP contribution is 2.12. The Morgan fingerprint density at radius 2 is 2.36 bits per heavy atom. The molecule has 1 aromatic heterocycles. The molecule has 0 saturated carbocycles. The molecule has 0 bridgehead atoms. The summed E-state index contributed by atoms with van der Waals surface area (Å²) in [5.41, 5.74) is 7.14. The molecule has 1 rings (SSSR count). The Bertz CT molecular complexity index is 379. The number of nitrogens with one attached hydrogen (secondary N) is 1. The lowest BCUT2D eigenvalue weighted by Crippen LogP contribution is -1.96. The Hall–Kier alpha value is -1.97. The minimum absolute atomic E-state index is 0.255. The monoisotopic (exact) mass is 188 g/mol. The van der Waals surface area contributed by atoms with E-state index < -0.39 is 0 Å². The molecule has 4 nitrogen and oxygen atoms in total. The van der Waals surface area contributed by atoms with Crippen molar-refractivity contribution in [2.75, 3.05) is 5.73 Å². The molecule has 3 N–H and O–H groups in total. The van der Waals surface area contributed by atoms with Crippen molar-refractivity contribution < 1.29 is 0 Å². The molecule has 1 aromatic rings. The normalized spacial score (nSPS) is 11.9. The number of hydrogen-bond acceptors (Lipinski definition) is 4. The van der Waals surface area contributed by atoms with Crippen LogP contribution in [0.2, 0.25) is 0 Å². The lowest BCUT2D eigenvalue weighted by atomic mass is 10.1. The third-order valence-electron chi connectivity index (χ3n) is 1.65. The lowest BCUT2D eigenvalue weighted by molar-refractivity contribution is 1.16. The molecule has 0 amide bonds. The van der Waals surface area contributed by atoms with E-state index >= 15 is 0 Å². The first-order valence-corrected chi connectivity index (χ1v) is 4.20. The molecule has 1 heterocycles. The van der Waals surface area contributed by atoms with E-state index in [0.29, 0.717) is 0 Å². The molecule has 0 aromatic carbocycles. The van der Waals surface area contributed by atoms with Gasteiger partial charge >= 0.3 is 0 Å². The summed E-state index contributed by atoms with van der Waals surface area (Å²) in [6.07, 6.45) is 8.16. The number of rotatable bonds is 3. The van der Waals surface area contributed by atoms with E-state index in [9.17, 15) is 0 Å². The van der Waals surface area contributed by atoms with Gasteiger partial charge in [0.05, 0.1) is 5.69 Å². The van der Waals surface area contributed by atoms with Crippen molar-refractivity contribution in [2.24, 2.45) is 0 Å². The number of nitrogens with two attached hydrogens (primary N) is 1. The molecule has 0 atom stereocenters. The minimum Gasteiger partial charge on any atom is -0.368 e. The van der Waals surface area contributed by atoms with Crippen molar-refractivity contribution in [1.82, 2.24) is 9.97 Å². The van der Waals surface area contributed by atoms with Gasteiger partial charge in [-0.2, -0.15) is 0 Å². The maximum atomic E-state index is 6.88. The van der Waals surface area contributed by atoms with Crippen LogP contribution in [-0.4, -0.2) is 16.2 Å². The van der Waals surface area contributed by atoms with Crippen LogP contribution in [-0.2, 0) is 0 Å². The Morgan fingerprint density at radius 1 is 1.57 bits per heavy atom. The zero-order chi connectivity index (χ0) is 10.4. The van der Waals surface area contributed by atoms with Gasteiger partial charge in [0.2, 0.25) is 5.95 Å². The standard InChI is InChI=1S/C10H12N4/c1-2-8(4-3-6-11)9-5-7-13-10(12)14-9/h2-7,11H,1H3,(H2,12,13,14)/b4-3-,8-2+,11-6?. The highest BCUT2D eigenvalue weighted by molar-refractivity contribution is 5.78. The average Bonchev–Trinajstić information content (AvgIpc) is 2.19. The second kappa shape index (κ2) is 4.91. The molecular formula is C10H12N4. The molecular weight excluding hydrogens is 176 g/mol. The first kappa shape index (κ1) is 10.1. The van der Waals surface area contributed by atoms with Gasteiger partial charge in [0.1, 0.15) is 0 Å². The number of hydrogen-bond donors (Lipinski definition) is 2. The Kier molecular flexibility index (Phi) is 3.55. The topological polar surface area (TPSA) is 75.7 Å². The molecule has 14 heavy (non-hydrogen) atoms. The van der Waals surface area contributed by atoms with E-state index in [1.165, 1.54) is 6.21 Å². The Labute approximate surface area is 82.7 Å². The summed E-state index contributed by atoms with van der Waals surface area (Å²) in [4.78, 5) is 7.88. The number of allylic oxidation sites excluding steroid dienone is 4. The third-order valence-corrected chi connectivity index (χ3v) is 1.65. The summed E-state index contributed by atoms with van der Waals surface area (Å²) >= 11 is 0. The third kappa shape index (κ3) is 2.52. The van der Waals surface area contributed by atoms with Gasteiger partial charge in [0.25, 0.3) is 0 Å². The fourth-order valence-electron chi connectivity index (χ4n) is 1.02. The minimum atomic E-state index is 0.255. The van der Waals surface area contributed by atoms with Gasteiger partial charge < -0.3 is 11.1 Å². The predicted molar refractivity (Wildman–Crippen MR) is 58.0 cm³/mol. The van der Waals surface area contributed by atoms with E-state index in [2.05, 4.69) is 9.97 Å². The first-order valence-electron chi connectivity index (χ1n) is 4.20. The molecule has 0 unspecified atom stereocenters. The zero-order valence-corrected chi connectivity index (χ0v) is 7.94. The van der Waals surface area contributed by atoms with Crippen LogP contribution in [0.4, 0.5) is 5.95 Å². The average molecular weight is 188 g/mol. The van der Waals surface area contributed by atoms with Crippen LogP contribution in [0.3, 0.4) is 0 Å². The summed E-state index contributed by atoms with van der Waals surface area (Å²) in [6, 6.07) is 1.78. The number of nitrogen functional groups attached to an aromatic ring is 1. The van der Waals surface area contributed by atoms with E-state index in [1.807, 2.05) is 13.0 Å². The van der Waals surface area contributed by atoms with Crippen molar-refractivity contribution >= 4 is 17.7 Å². The van der Waals surface area contributed by atoms with E-state index in [4.69, 9.17) is 11.1 Å². The van der Waals surface area contributed by atoms with Crippen LogP contribution in [0.15, 0.2) is 30.5 Å². The maximum Gasteiger partial charge on any atom is 0.220 e. The number of anilines is 1. The SMILES string of the molecule is C/C=C(\C=C/C=N)c1ccnc(N)n1. The lowest BCUT2D eigenvalue weighted by Gasteiger charge is -2.00. The van der Waals surface area contributed by atoms with E-state index in [0.717, 1.165) is 11.3 Å². The van der Waals surface area contributed by atoms with Crippen LogP contribution >= 0.6 is 0 Å². The van der Waals surface area contributed by atoms with Crippen molar-refractivity contribution in [1.29, 1.82) is 5.41 Å². The van der Waals surface area contributed by atoms with Gasteiger partial charge in [-0.3, -0.25) is 0 Å². The van der Waals surface area contributed by atoms with Crippen molar-refractivity contribution in [3.63, 3.8) is 0 Å². The summed E-state index contributed by atoms with van der Waals surface area (Å²) in [5.74, 6) is 0.255. The maximum absolute atomic E-state index is 6.88. The largest absolute Gasteiger partial charge is 0.368 e. The van der Waals surface area contributed by atoms with Gasteiger partial charge in [-0.05, 0) is 24.6 Å². The second-order valence-corrected chi connectivity index (χ2v) is 2.57. The van der Waals surface area contributed by atoms with E-state index in [-0.39, 0.29) is 5.95 Å². The van der Waals surface area contributed by atoms with Crippen LogP contribution < -0.4 is 5.73 Å². The fraction of sp³-hybridized carbons (Fsp3) is 0.100. The fourth-order valence-corrected chi connectivity index (χ4v) is 1.02. The number of nitrogens with zero attached hydrogens (tertiary/aromatic N) is 2. The smallest absolute Gasteiger partial charge is 0.220 e. The number of aromatic nitrogens is 2. The van der Waals surface area contributed by atoms with Crippen molar-refractivity contribution in [3.8, 4) is 0 Å². The summed E-state index contributed by atoms with van der Waals surface area (Å²) in [5, 5.41) is 6.88.